The van der Waals surface area contributed by atoms with Gasteiger partial charge in [0, 0.05) is 11.3 Å². The van der Waals surface area contributed by atoms with Crippen LogP contribution in [-0.2, 0) is 0 Å². The molecule has 1 aromatic heterocycles. The van der Waals surface area contributed by atoms with Crippen molar-refractivity contribution < 1.29 is 0 Å². The van der Waals surface area contributed by atoms with Crippen LogP contribution in [0.4, 0.5) is 0 Å². The van der Waals surface area contributed by atoms with Crippen LogP contribution in [0.25, 0.3) is 10.2 Å². The number of para-hydroxylation sites is 1. The van der Waals surface area contributed by atoms with E-state index >= 15 is 0 Å². The van der Waals surface area contributed by atoms with Gasteiger partial charge in [-0.1, -0.05) is 37.7 Å². The minimum Gasteiger partial charge on any atom is -0.327 e. The van der Waals surface area contributed by atoms with Crippen molar-refractivity contribution in [2.75, 3.05) is 0 Å². The van der Waals surface area contributed by atoms with E-state index in [9.17, 15) is 0 Å². The number of aromatic nitrogens is 1. The molecule has 2 aromatic rings. The van der Waals surface area contributed by atoms with Crippen molar-refractivity contribution >= 4 is 33.3 Å². The fraction of sp³-hybridized carbons (Fsp3) is 0.562. The summed E-state index contributed by atoms with van der Waals surface area (Å²) in [6.07, 6.45) is 3.68. The molecule has 3 atom stereocenters. The number of benzene rings is 1. The normalized spacial score (nSPS) is 27.3. The highest BCUT2D eigenvalue weighted by molar-refractivity contribution is 8.01. The molecule has 1 heterocycles. The third kappa shape index (κ3) is 3.02. The van der Waals surface area contributed by atoms with Crippen LogP contribution in [-0.4, -0.2) is 16.3 Å². The number of nitrogens with zero attached hydrogens (tertiary/aromatic N) is 1. The minimum atomic E-state index is 0.321. The third-order valence-corrected chi connectivity index (χ3v) is 6.86. The lowest BCUT2D eigenvalue weighted by molar-refractivity contribution is 0.266. The maximum Gasteiger partial charge on any atom is 0.151 e. The molecule has 0 spiro atoms. The first-order valence-corrected chi connectivity index (χ1v) is 9.11. The summed E-state index contributed by atoms with van der Waals surface area (Å²) in [6, 6.07) is 8.69. The molecule has 3 rings (SSSR count). The fourth-order valence-corrected chi connectivity index (χ4v) is 5.55. The smallest absolute Gasteiger partial charge is 0.151 e. The van der Waals surface area contributed by atoms with Crippen LogP contribution in [0.3, 0.4) is 0 Å². The summed E-state index contributed by atoms with van der Waals surface area (Å²) in [5.41, 5.74) is 7.45. The molecule has 20 heavy (non-hydrogen) atoms. The number of hydrogen-bond acceptors (Lipinski definition) is 4. The minimum absolute atomic E-state index is 0.321. The first-order chi connectivity index (χ1) is 9.63. The van der Waals surface area contributed by atoms with Crippen LogP contribution >= 0.6 is 23.1 Å². The van der Waals surface area contributed by atoms with E-state index in [1.54, 1.807) is 11.3 Å². The van der Waals surface area contributed by atoms with Gasteiger partial charge in [-0.2, -0.15) is 0 Å². The molecular weight excluding hydrogens is 284 g/mol. The molecule has 0 saturated heterocycles. The van der Waals surface area contributed by atoms with Crippen molar-refractivity contribution in [3.8, 4) is 0 Å². The molecule has 0 aliphatic heterocycles. The largest absolute Gasteiger partial charge is 0.327 e. The van der Waals surface area contributed by atoms with E-state index in [0.717, 1.165) is 23.8 Å². The van der Waals surface area contributed by atoms with E-state index in [-0.39, 0.29) is 0 Å². The Morgan fingerprint density at radius 3 is 2.85 bits per heavy atom. The molecule has 0 amide bonds. The zero-order chi connectivity index (χ0) is 14.1. The summed E-state index contributed by atoms with van der Waals surface area (Å²) in [6.45, 7) is 4.67. The summed E-state index contributed by atoms with van der Waals surface area (Å²) in [7, 11) is 0. The molecule has 0 bridgehead atoms. The van der Waals surface area contributed by atoms with Crippen molar-refractivity contribution in [1.82, 2.24) is 4.98 Å². The summed E-state index contributed by atoms with van der Waals surface area (Å²) >= 11 is 3.70. The standard InChI is InChI=1S/C16H22N2S2/c1-10(2)11-7-8-12(17)15(9-11)20-16-18-13-5-3-4-6-14(13)19-16/h3-6,10-12,15H,7-9,17H2,1-2H3. The number of thiazole rings is 1. The van der Waals surface area contributed by atoms with E-state index in [0.29, 0.717) is 11.3 Å². The highest BCUT2D eigenvalue weighted by Crippen LogP contribution is 2.40. The van der Waals surface area contributed by atoms with Gasteiger partial charge in [0.1, 0.15) is 0 Å². The molecule has 1 aliphatic rings. The SMILES string of the molecule is CC(C)C1CCC(N)C(Sc2nc3ccccc3s2)C1. The molecule has 1 aromatic carbocycles. The first-order valence-electron chi connectivity index (χ1n) is 7.41. The Labute approximate surface area is 129 Å². The Balaban J connectivity index is 1.75. The topological polar surface area (TPSA) is 38.9 Å². The average Bonchev–Trinajstić information content (AvgIpc) is 2.83. The average molecular weight is 307 g/mol. The Kier molecular flexibility index (Phi) is 4.34. The van der Waals surface area contributed by atoms with Gasteiger partial charge in [0.2, 0.25) is 0 Å². The van der Waals surface area contributed by atoms with E-state index in [2.05, 4.69) is 38.1 Å². The maximum atomic E-state index is 6.34. The van der Waals surface area contributed by atoms with Crippen molar-refractivity contribution in [3.63, 3.8) is 0 Å². The number of hydrogen-bond donors (Lipinski definition) is 1. The Morgan fingerprint density at radius 2 is 2.10 bits per heavy atom. The van der Waals surface area contributed by atoms with Gasteiger partial charge in [0.05, 0.1) is 10.2 Å². The van der Waals surface area contributed by atoms with Crippen LogP contribution in [0, 0.1) is 11.8 Å². The molecule has 0 radical (unpaired) electrons. The zero-order valence-corrected chi connectivity index (χ0v) is 13.7. The predicted octanol–water partition coefficient (Wildman–Crippen LogP) is 4.54. The second kappa shape index (κ2) is 6.04. The quantitative estimate of drug-likeness (QED) is 0.904. The second-order valence-electron chi connectivity index (χ2n) is 6.08. The van der Waals surface area contributed by atoms with Crippen molar-refractivity contribution in [1.29, 1.82) is 0 Å². The molecule has 4 heteroatoms. The monoisotopic (exact) mass is 306 g/mol. The van der Waals surface area contributed by atoms with Gasteiger partial charge in [0.25, 0.3) is 0 Å². The Bertz CT molecular complexity index is 546. The van der Waals surface area contributed by atoms with Crippen molar-refractivity contribution in [3.05, 3.63) is 24.3 Å². The summed E-state index contributed by atoms with van der Waals surface area (Å²) in [5.74, 6) is 1.59. The molecular formula is C16H22N2S2. The van der Waals surface area contributed by atoms with E-state index in [1.807, 2.05) is 11.8 Å². The summed E-state index contributed by atoms with van der Waals surface area (Å²) in [5, 5.41) is 0.525. The fourth-order valence-electron chi connectivity index (χ4n) is 2.96. The highest BCUT2D eigenvalue weighted by Gasteiger charge is 2.31. The Morgan fingerprint density at radius 1 is 1.30 bits per heavy atom. The lowest BCUT2D eigenvalue weighted by Gasteiger charge is -2.35. The Hall–Kier alpha value is -0.580. The first kappa shape index (κ1) is 14.4. The van der Waals surface area contributed by atoms with Gasteiger partial charge in [-0.15, -0.1) is 11.3 Å². The summed E-state index contributed by atoms with van der Waals surface area (Å²) < 4.78 is 2.45. The molecule has 3 unspecified atom stereocenters. The van der Waals surface area contributed by atoms with Gasteiger partial charge in [-0.3, -0.25) is 0 Å². The van der Waals surface area contributed by atoms with Gasteiger partial charge in [0.15, 0.2) is 4.34 Å². The zero-order valence-electron chi connectivity index (χ0n) is 12.1. The number of nitrogens with two attached hydrogens (primary N) is 1. The van der Waals surface area contributed by atoms with E-state index in [1.165, 1.54) is 21.9 Å². The molecule has 1 fully saturated rings. The van der Waals surface area contributed by atoms with Crippen LogP contribution in [0.15, 0.2) is 28.6 Å². The number of thioether (sulfide) groups is 1. The maximum absolute atomic E-state index is 6.34. The molecule has 2 N–H and O–H groups in total. The van der Waals surface area contributed by atoms with Gasteiger partial charge < -0.3 is 5.73 Å². The molecule has 108 valence electrons. The second-order valence-corrected chi connectivity index (χ2v) is 8.60. The van der Waals surface area contributed by atoms with Crippen LogP contribution in [0.1, 0.15) is 33.1 Å². The van der Waals surface area contributed by atoms with Crippen molar-refractivity contribution in [2.24, 2.45) is 17.6 Å². The molecule has 2 nitrogen and oxygen atoms in total. The van der Waals surface area contributed by atoms with Gasteiger partial charge in [-0.05, 0) is 43.2 Å². The lowest BCUT2D eigenvalue weighted by Crippen LogP contribution is -2.39. The predicted molar refractivity (Wildman–Crippen MR) is 89.4 cm³/mol. The van der Waals surface area contributed by atoms with Gasteiger partial charge in [-0.25, -0.2) is 4.98 Å². The van der Waals surface area contributed by atoms with Crippen molar-refractivity contribution in [2.45, 2.75) is 48.7 Å². The van der Waals surface area contributed by atoms with E-state index in [4.69, 9.17) is 10.7 Å². The number of rotatable bonds is 3. The number of fused-ring (bicyclic) bond motifs is 1. The van der Waals surface area contributed by atoms with E-state index < -0.39 is 0 Å². The van der Waals surface area contributed by atoms with Crippen LogP contribution in [0.2, 0.25) is 0 Å². The highest BCUT2D eigenvalue weighted by atomic mass is 32.2. The van der Waals surface area contributed by atoms with Gasteiger partial charge >= 0.3 is 0 Å². The molecule has 1 saturated carbocycles. The third-order valence-electron chi connectivity index (χ3n) is 4.35. The van der Waals surface area contributed by atoms with Crippen LogP contribution in [0.5, 0.6) is 0 Å². The molecule has 1 aliphatic carbocycles. The summed E-state index contributed by atoms with van der Waals surface area (Å²) in [4.78, 5) is 4.74. The van der Waals surface area contributed by atoms with Crippen LogP contribution < -0.4 is 5.73 Å². The lowest BCUT2D eigenvalue weighted by atomic mass is 9.79.